The van der Waals surface area contributed by atoms with Gasteiger partial charge in [-0.25, -0.2) is 0 Å². The van der Waals surface area contributed by atoms with Crippen LogP contribution in [0.5, 0.6) is 0 Å². The summed E-state index contributed by atoms with van der Waals surface area (Å²) in [4.78, 5) is 24.5. The largest absolute Gasteiger partial charge is 0.381 e. The minimum atomic E-state index is -0.307. The first-order valence-electron chi connectivity index (χ1n) is 5.99. The molecule has 17 heavy (non-hydrogen) atoms. The smallest absolute Gasteiger partial charge is 0.241 e. The van der Waals surface area contributed by atoms with Crippen LogP contribution < -0.4 is 11.1 Å². The molecule has 1 unspecified atom stereocenters. The Morgan fingerprint density at radius 2 is 2.29 bits per heavy atom. The molecule has 2 amide bonds. The van der Waals surface area contributed by atoms with Crippen molar-refractivity contribution in [1.29, 1.82) is 0 Å². The Bertz CT molecular complexity index is 265. The number of nitrogens with zero attached hydrogens (tertiary/aromatic N) is 1. The van der Waals surface area contributed by atoms with Crippen molar-refractivity contribution in [1.82, 2.24) is 10.2 Å². The van der Waals surface area contributed by atoms with Crippen molar-refractivity contribution in [2.24, 2.45) is 11.7 Å². The summed E-state index contributed by atoms with van der Waals surface area (Å²) in [6.07, 6.45) is 0.999. The number of nitrogens with one attached hydrogen (secondary N) is 1. The molecule has 1 aliphatic rings. The van der Waals surface area contributed by atoms with E-state index in [1.54, 1.807) is 4.90 Å². The summed E-state index contributed by atoms with van der Waals surface area (Å²) in [5.74, 6) is 0.0453. The third kappa shape index (κ3) is 4.70. The molecule has 1 atom stereocenters. The lowest BCUT2D eigenvalue weighted by Gasteiger charge is -2.23. The number of rotatable bonds is 6. The number of likely N-dealkylation sites (N-methyl/N-ethyl adjacent to an activating group) is 1. The molecule has 0 radical (unpaired) electrons. The van der Waals surface area contributed by atoms with Crippen molar-refractivity contribution < 1.29 is 14.3 Å². The Kier molecular flexibility index (Phi) is 5.93. The van der Waals surface area contributed by atoms with Crippen LogP contribution in [-0.2, 0) is 14.3 Å². The Hall–Kier alpha value is -1.14. The summed E-state index contributed by atoms with van der Waals surface area (Å²) < 4.78 is 5.27. The van der Waals surface area contributed by atoms with E-state index in [9.17, 15) is 9.59 Å². The van der Waals surface area contributed by atoms with E-state index in [4.69, 9.17) is 10.5 Å². The second kappa shape index (κ2) is 7.24. The van der Waals surface area contributed by atoms with Gasteiger partial charge < -0.3 is 20.7 Å². The minimum Gasteiger partial charge on any atom is -0.381 e. The van der Waals surface area contributed by atoms with E-state index in [1.165, 1.54) is 0 Å². The van der Waals surface area contributed by atoms with E-state index < -0.39 is 0 Å². The summed E-state index contributed by atoms with van der Waals surface area (Å²) >= 11 is 0. The van der Waals surface area contributed by atoms with Crippen molar-refractivity contribution in [3.63, 3.8) is 0 Å². The first kappa shape index (κ1) is 13.9. The van der Waals surface area contributed by atoms with E-state index >= 15 is 0 Å². The zero-order chi connectivity index (χ0) is 12.7. The van der Waals surface area contributed by atoms with E-state index in [2.05, 4.69) is 5.32 Å². The van der Waals surface area contributed by atoms with Gasteiger partial charge in [-0.2, -0.15) is 0 Å². The molecular weight excluding hydrogens is 222 g/mol. The standard InChI is InChI=1S/C11H21N3O3/c1-2-14(7-9-3-4-17-8-9)11(16)6-13-10(15)5-12/h9H,2-8,12H2,1H3,(H,13,15). The van der Waals surface area contributed by atoms with Gasteiger partial charge in [0, 0.05) is 25.6 Å². The zero-order valence-corrected chi connectivity index (χ0v) is 10.3. The molecule has 3 N–H and O–H groups in total. The van der Waals surface area contributed by atoms with Gasteiger partial charge in [-0.3, -0.25) is 9.59 Å². The Morgan fingerprint density at radius 1 is 1.53 bits per heavy atom. The summed E-state index contributed by atoms with van der Waals surface area (Å²) in [5, 5.41) is 2.49. The molecular formula is C11H21N3O3. The van der Waals surface area contributed by atoms with Gasteiger partial charge >= 0.3 is 0 Å². The maximum absolute atomic E-state index is 11.8. The van der Waals surface area contributed by atoms with Gasteiger partial charge in [0.25, 0.3) is 0 Å². The number of hydrogen-bond donors (Lipinski definition) is 2. The quantitative estimate of drug-likeness (QED) is 0.623. The lowest BCUT2D eigenvalue weighted by molar-refractivity contribution is -0.133. The van der Waals surface area contributed by atoms with Gasteiger partial charge in [0.1, 0.15) is 0 Å². The van der Waals surface area contributed by atoms with E-state index in [0.29, 0.717) is 19.0 Å². The number of hydrogen-bond acceptors (Lipinski definition) is 4. The average Bonchev–Trinajstić information content (AvgIpc) is 2.85. The molecule has 1 aliphatic heterocycles. The lowest BCUT2D eigenvalue weighted by Crippen LogP contribution is -2.43. The highest BCUT2D eigenvalue weighted by atomic mass is 16.5. The maximum Gasteiger partial charge on any atom is 0.241 e. The van der Waals surface area contributed by atoms with Crippen molar-refractivity contribution >= 4 is 11.8 Å². The molecule has 0 spiro atoms. The third-order valence-corrected chi connectivity index (χ3v) is 2.86. The number of nitrogens with two attached hydrogens (primary N) is 1. The van der Waals surface area contributed by atoms with Gasteiger partial charge in [-0.1, -0.05) is 0 Å². The summed E-state index contributed by atoms with van der Waals surface area (Å²) in [6.45, 7) is 4.71. The van der Waals surface area contributed by atoms with Crippen LogP contribution in [0.2, 0.25) is 0 Å². The van der Waals surface area contributed by atoms with Gasteiger partial charge in [-0.05, 0) is 13.3 Å². The molecule has 0 aliphatic carbocycles. The first-order valence-corrected chi connectivity index (χ1v) is 5.99. The molecule has 0 saturated carbocycles. The van der Waals surface area contributed by atoms with Gasteiger partial charge in [0.15, 0.2) is 0 Å². The van der Waals surface area contributed by atoms with Crippen LogP contribution in [0, 0.1) is 5.92 Å². The monoisotopic (exact) mass is 243 g/mol. The predicted molar refractivity (Wildman–Crippen MR) is 63.2 cm³/mol. The van der Waals surface area contributed by atoms with Crippen molar-refractivity contribution in [2.45, 2.75) is 13.3 Å². The molecule has 1 saturated heterocycles. The summed E-state index contributed by atoms with van der Waals surface area (Å²) in [5.41, 5.74) is 5.15. The SMILES string of the molecule is CCN(CC1CCOC1)C(=O)CNC(=O)CN. The van der Waals surface area contributed by atoms with Crippen LogP contribution in [0.4, 0.5) is 0 Å². The third-order valence-electron chi connectivity index (χ3n) is 2.86. The highest BCUT2D eigenvalue weighted by Gasteiger charge is 2.21. The molecule has 6 heteroatoms. The number of carbonyl (C=O) groups excluding carboxylic acids is 2. The fourth-order valence-electron chi connectivity index (χ4n) is 1.80. The topological polar surface area (TPSA) is 84.7 Å². The molecule has 1 heterocycles. The summed E-state index contributed by atoms with van der Waals surface area (Å²) in [7, 11) is 0. The molecule has 0 aromatic carbocycles. The fraction of sp³-hybridized carbons (Fsp3) is 0.818. The Labute approximate surface area is 101 Å². The number of carbonyl (C=O) groups is 2. The van der Waals surface area contributed by atoms with E-state index in [1.807, 2.05) is 6.92 Å². The summed E-state index contributed by atoms with van der Waals surface area (Å²) in [6, 6.07) is 0. The second-order valence-electron chi connectivity index (χ2n) is 4.14. The number of ether oxygens (including phenoxy) is 1. The highest BCUT2D eigenvalue weighted by molar-refractivity contribution is 5.85. The van der Waals surface area contributed by atoms with Gasteiger partial charge in [0.2, 0.25) is 11.8 Å². The average molecular weight is 243 g/mol. The van der Waals surface area contributed by atoms with Crippen LogP contribution in [0.15, 0.2) is 0 Å². The van der Waals surface area contributed by atoms with Gasteiger partial charge in [0.05, 0.1) is 19.7 Å². The van der Waals surface area contributed by atoms with Crippen molar-refractivity contribution in [2.75, 3.05) is 39.4 Å². The first-order chi connectivity index (χ1) is 8.17. The maximum atomic E-state index is 11.8. The van der Waals surface area contributed by atoms with E-state index in [0.717, 1.165) is 19.6 Å². The molecule has 0 bridgehead atoms. The molecule has 0 aromatic heterocycles. The molecule has 1 rings (SSSR count). The zero-order valence-electron chi connectivity index (χ0n) is 10.3. The minimum absolute atomic E-state index is 0.0252. The van der Waals surface area contributed by atoms with Crippen LogP contribution in [0.3, 0.4) is 0 Å². The Balaban J connectivity index is 2.32. The van der Waals surface area contributed by atoms with Crippen LogP contribution in [0.25, 0.3) is 0 Å². The van der Waals surface area contributed by atoms with Crippen LogP contribution in [0.1, 0.15) is 13.3 Å². The van der Waals surface area contributed by atoms with Crippen molar-refractivity contribution in [3.8, 4) is 0 Å². The molecule has 1 fully saturated rings. The number of amides is 2. The fourth-order valence-corrected chi connectivity index (χ4v) is 1.80. The van der Waals surface area contributed by atoms with Crippen LogP contribution in [-0.4, -0.2) is 56.1 Å². The van der Waals surface area contributed by atoms with E-state index in [-0.39, 0.29) is 24.9 Å². The molecule has 6 nitrogen and oxygen atoms in total. The highest BCUT2D eigenvalue weighted by Crippen LogP contribution is 2.13. The normalized spacial score (nSPS) is 19.1. The lowest BCUT2D eigenvalue weighted by atomic mass is 10.1. The molecule has 98 valence electrons. The van der Waals surface area contributed by atoms with Crippen LogP contribution >= 0.6 is 0 Å². The molecule has 0 aromatic rings. The second-order valence-corrected chi connectivity index (χ2v) is 4.14. The predicted octanol–water partition coefficient (Wildman–Crippen LogP) is -1.05. The Morgan fingerprint density at radius 3 is 2.82 bits per heavy atom. The van der Waals surface area contributed by atoms with Gasteiger partial charge in [-0.15, -0.1) is 0 Å². The van der Waals surface area contributed by atoms with Crippen molar-refractivity contribution in [3.05, 3.63) is 0 Å².